The minimum Gasteiger partial charge on any atom is -0.396 e. The minimum atomic E-state index is -0.107. The van der Waals surface area contributed by atoms with Crippen molar-refractivity contribution in [1.82, 2.24) is 5.32 Å². The molecule has 3 N–H and O–H groups in total. The summed E-state index contributed by atoms with van der Waals surface area (Å²) in [5, 5.41) is 21.5. The molecule has 3 nitrogen and oxygen atoms in total. The number of nitrogens with one attached hydrogen (secondary N) is 1. The molecule has 0 aliphatic rings. The van der Waals surface area contributed by atoms with Gasteiger partial charge in [0.1, 0.15) is 0 Å². The summed E-state index contributed by atoms with van der Waals surface area (Å²) in [7, 11) is 0. The van der Waals surface area contributed by atoms with Crippen LogP contribution in [0.2, 0.25) is 0 Å². The number of hydrogen-bond donors (Lipinski definition) is 3. The highest BCUT2D eigenvalue weighted by molar-refractivity contribution is 4.75. The van der Waals surface area contributed by atoms with Gasteiger partial charge < -0.3 is 15.5 Å². The number of aliphatic hydroxyl groups excluding tert-OH is 2. The number of rotatable bonds is 7. The molecule has 0 saturated heterocycles. The van der Waals surface area contributed by atoms with E-state index in [1.165, 1.54) is 0 Å². The third-order valence-corrected chi connectivity index (χ3v) is 2.27. The first-order valence-electron chi connectivity index (χ1n) is 5.36. The summed E-state index contributed by atoms with van der Waals surface area (Å²) in [6.45, 7) is 9.36. The van der Waals surface area contributed by atoms with Crippen molar-refractivity contribution in [2.75, 3.05) is 19.8 Å². The smallest absolute Gasteiger partial charge is 0.0584 e. The molecule has 0 fully saturated rings. The van der Waals surface area contributed by atoms with Crippen LogP contribution in [0, 0.1) is 11.3 Å². The van der Waals surface area contributed by atoms with Crippen LogP contribution in [-0.4, -0.2) is 36.0 Å². The SMILES string of the molecule is CC(C)CC(CO)NCC(C)(C)CO. The van der Waals surface area contributed by atoms with Gasteiger partial charge in [0.25, 0.3) is 0 Å². The van der Waals surface area contributed by atoms with Crippen LogP contribution >= 0.6 is 0 Å². The quantitative estimate of drug-likeness (QED) is 0.578. The molecule has 0 aliphatic carbocycles. The van der Waals surface area contributed by atoms with Gasteiger partial charge in [0.2, 0.25) is 0 Å². The van der Waals surface area contributed by atoms with Crippen LogP contribution in [0.4, 0.5) is 0 Å². The fourth-order valence-electron chi connectivity index (χ4n) is 1.27. The Morgan fingerprint density at radius 1 is 1.21 bits per heavy atom. The maximum absolute atomic E-state index is 9.12. The predicted octanol–water partition coefficient (Wildman–Crippen LogP) is 1.00. The van der Waals surface area contributed by atoms with Crippen LogP contribution in [0.25, 0.3) is 0 Å². The Bertz CT molecular complexity index is 146. The van der Waals surface area contributed by atoms with Crippen molar-refractivity contribution < 1.29 is 10.2 Å². The van der Waals surface area contributed by atoms with Crippen LogP contribution in [0.5, 0.6) is 0 Å². The van der Waals surface area contributed by atoms with Crippen LogP contribution in [0.1, 0.15) is 34.1 Å². The number of aliphatic hydroxyl groups is 2. The molecule has 1 unspecified atom stereocenters. The van der Waals surface area contributed by atoms with Gasteiger partial charge in [-0.25, -0.2) is 0 Å². The zero-order valence-corrected chi connectivity index (χ0v) is 9.88. The second-order valence-electron chi connectivity index (χ2n) is 5.21. The maximum Gasteiger partial charge on any atom is 0.0584 e. The largest absolute Gasteiger partial charge is 0.396 e. The fourth-order valence-corrected chi connectivity index (χ4v) is 1.27. The van der Waals surface area contributed by atoms with Crippen LogP contribution in [0.15, 0.2) is 0 Å². The lowest BCUT2D eigenvalue weighted by Crippen LogP contribution is -2.41. The van der Waals surface area contributed by atoms with Crippen molar-refractivity contribution in [2.24, 2.45) is 11.3 Å². The molecule has 0 aromatic carbocycles. The van der Waals surface area contributed by atoms with Crippen molar-refractivity contribution in [2.45, 2.75) is 40.2 Å². The summed E-state index contributed by atoms with van der Waals surface area (Å²) in [5.74, 6) is 0.580. The van der Waals surface area contributed by atoms with E-state index in [2.05, 4.69) is 19.2 Å². The Balaban J connectivity index is 3.83. The second-order valence-corrected chi connectivity index (χ2v) is 5.21. The van der Waals surface area contributed by atoms with E-state index in [1.807, 2.05) is 13.8 Å². The maximum atomic E-state index is 9.12. The fraction of sp³-hybridized carbons (Fsp3) is 1.00. The standard InChI is InChI=1S/C11H25NO2/c1-9(2)5-10(6-13)12-7-11(3,4)8-14/h9-10,12-14H,5-8H2,1-4H3. The first-order chi connectivity index (χ1) is 6.41. The minimum absolute atomic E-state index is 0.107. The van der Waals surface area contributed by atoms with Gasteiger partial charge in [-0.2, -0.15) is 0 Å². The zero-order valence-electron chi connectivity index (χ0n) is 9.88. The van der Waals surface area contributed by atoms with E-state index in [-0.39, 0.29) is 24.7 Å². The second kappa shape index (κ2) is 6.38. The molecule has 0 spiro atoms. The van der Waals surface area contributed by atoms with Gasteiger partial charge in [-0.05, 0) is 12.3 Å². The van der Waals surface area contributed by atoms with Gasteiger partial charge in [-0.1, -0.05) is 27.7 Å². The van der Waals surface area contributed by atoms with Gasteiger partial charge in [0.15, 0.2) is 0 Å². The van der Waals surface area contributed by atoms with Gasteiger partial charge >= 0.3 is 0 Å². The Labute approximate surface area is 87.5 Å². The van der Waals surface area contributed by atoms with Gasteiger partial charge in [-0.15, -0.1) is 0 Å². The average molecular weight is 203 g/mol. The summed E-state index contributed by atoms with van der Waals surface area (Å²) >= 11 is 0. The summed E-state index contributed by atoms with van der Waals surface area (Å²) < 4.78 is 0. The molecule has 0 aromatic rings. The van der Waals surface area contributed by atoms with Gasteiger partial charge in [-0.3, -0.25) is 0 Å². The molecule has 3 heteroatoms. The summed E-state index contributed by atoms with van der Waals surface area (Å²) in [4.78, 5) is 0. The third kappa shape index (κ3) is 6.35. The average Bonchev–Trinajstić information content (AvgIpc) is 2.12. The predicted molar refractivity (Wildman–Crippen MR) is 59.2 cm³/mol. The van der Waals surface area contributed by atoms with E-state index in [0.29, 0.717) is 5.92 Å². The molecular weight excluding hydrogens is 178 g/mol. The first kappa shape index (κ1) is 13.9. The number of hydrogen-bond acceptors (Lipinski definition) is 3. The molecule has 0 rings (SSSR count). The van der Waals surface area contributed by atoms with Gasteiger partial charge in [0, 0.05) is 24.6 Å². The lowest BCUT2D eigenvalue weighted by atomic mass is 9.94. The topological polar surface area (TPSA) is 52.5 Å². The molecule has 0 radical (unpaired) electrons. The first-order valence-corrected chi connectivity index (χ1v) is 5.36. The highest BCUT2D eigenvalue weighted by atomic mass is 16.3. The van der Waals surface area contributed by atoms with Crippen molar-refractivity contribution >= 4 is 0 Å². The molecule has 0 heterocycles. The zero-order chi connectivity index (χ0) is 11.2. The molecular formula is C11H25NO2. The monoisotopic (exact) mass is 203 g/mol. The molecule has 0 saturated carbocycles. The van der Waals surface area contributed by atoms with E-state index >= 15 is 0 Å². The van der Waals surface area contributed by atoms with Crippen molar-refractivity contribution in [1.29, 1.82) is 0 Å². The lowest BCUT2D eigenvalue weighted by Gasteiger charge is -2.26. The highest BCUT2D eigenvalue weighted by Crippen LogP contribution is 2.13. The normalized spacial score (nSPS) is 14.8. The Kier molecular flexibility index (Phi) is 6.33. The van der Waals surface area contributed by atoms with Crippen molar-refractivity contribution in [3.8, 4) is 0 Å². The Morgan fingerprint density at radius 3 is 2.14 bits per heavy atom. The summed E-state index contributed by atoms with van der Waals surface area (Å²) in [6.07, 6.45) is 0.970. The van der Waals surface area contributed by atoms with Crippen molar-refractivity contribution in [3.63, 3.8) is 0 Å². The van der Waals surface area contributed by atoms with Crippen LogP contribution in [-0.2, 0) is 0 Å². The van der Waals surface area contributed by atoms with E-state index in [4.69, 9.17) is 10.2 Å². The highest BCUT2D eigenvalue weighted by Gasteiger charge is 2.18. The van der Waals surface area contributed by atoms with Crippen LogP contribution < -0.4 is 5.32 Å². The molecule has 14 heavy (non-hydrogen) atoms. The van der Waals surface area contributed by atoms with Gasteiger partial charge in [0.05, 0.1) is 6.61 Å². The Hall–Kier alpha value is -0.120. The molecule has 0 aliphatic heterocycles. The van der Waals surface area contributed by atoms with Crippen LogP contribution in [0.3, 0.4) is 0 Å². The molecule has 1 atom stereocenters. The molecule has 0 bridgehead atoms. The van der Waals surface area contributed by atoms with E-state index in [9.17, 15) is 0 Å². The van der Waals surface area contributed by atoms with E-state index in [1.54, 1.807) is 0 Å². The van der Waals surface area contributed by atoms with Crippen molar-refractivity contribution in [3.05, 3.63) is 0 Å². The third-order valence-electron chi connectivity index (χ3n) is 2.27. The molecule has 0 aromatic heterocycles. The van der Waals surface area contributed by atoms with E-state index < -0.39 is 0 Å². The summed E-state index contributed by atoms with van der Waals surface area (Å²) in [5.41, 5.74) is -0.107. The molecule has 0 amide bonds. The Morgan fingerprint density at radius 2 is 1.79 bits per heavy atom. The van der Waals surface area contributed by atoms with E-state index in [0.717, 1.165) is 13.0 Å². The molecule has 86 valence electrons. The lowest BCUT2D eigenvalue weighted by molar-refractivity contribution is 0.141. The summed E-state index contributed by atoms with van der Waals surface area (Å²) in [6, 6.07) is 0.154.